The van der Waals surface area contributed by atoms with Crippen molar-refractivity contribution in [3.8, 4) is 0 Å². The Bertz CT molecular complexity index is 482. The highest BCUT2D eigenvalue weighted by Gasteiger charge is 2.46. The SMILES string of the molecule is CN1CC2(CCC2)C(=O)Nc2cc(Cl)ccc21. The van der Waals surface area contributed by atoms with Crippen molar-refractivity contribution in [3.05, 3.63) is 23.2 Å². The van der Waals surface area contributed by atoms with Gasteiger partial charge in [0, 0.05) is 18.6 Å². The largest absolute Gasteiger partial charge is 0.372 e. The molecule has 0 saturated heterocycles. The molecule has 1 spiro atoms. The predicted molar refractivity (Wildman–Crippen MR) is 69.6 cm³/mol. The molecule has 1 saturated carbocycles. The van der Waals surface area contributed by atoms with E-state index in [1.165, 1.54) is 0 Å². The Hall–Kier alpha value is -1.22. The molecule has 0 aromatic heterocycles. The van der Waals surface area contributed by atoms with Crippen molar-refractivity contribution >= 4 is 28.9 Å². The normalized spacial score (nSPS) is 21.5. The molecule has 1 aliphatic heterocycles. The van der Waals surface area contributed by atoms with Crippen LogP contribution in [-0.2, 0) is 4.79 Å². The van der Waals surface area contributed by atoms with E-state index in [1.807, 2.05) is 25.2 Å². The number of anilines is 2. The van der Waals surface area contributed by atoms with Crippen molar-refractivity contribution in [2.24, 2.45) is 5.41 Å². The van der Waals surface area contributed by atoms with Crippen LogP contribution < -0.4 is 10.2 Å². The number of rotatable bonds is 0. The van der Waals surface area contributed by atoms with E-state index in [9.17, 15) is 4.79 Å². The van der Waals surface area contributed by atoms with Crippen LogP contribution in [0, 0.1) is 5.41 Å². The second-order valence-corrected chi connectivity index (χ2v) is 5.54. The molecule has 1 aromatic rings. The molecule has 2 aliphatic rings. The summed E-state index contributed by atoms with van der Waals surface area (Å²) in [5.74, 6) is 0.150. The van der Waals surface area contributed by atoms with Crippen LogP contribution in [0.4, 0.5) is 11.4 Å². The summed E-state index contributed by atoms with van der Waals surface area (Å²) in [4.78, 5) is 14.4. The van der Waals surface area contributed by atoms with Crippen molar-refractivity contribution in [1.82, 2.24) is 0 Å². The maximum atomic E-state index is 12.3. The van der Waals surface area contributed by atoms with E-state index in [-0.39, 0.29) is 11.3 Å². The summed E-state index contributed by atoms with van der Waals surface area (Å²) in [6, 6.07) is 5.65. The van der Waals surface area contributed by atoms with Crippen molar-refractivity contribution in [2.45, 2.75) is 19.3 Å². The van der Waals surface area contributed by atoms with Crippen LogP contribution in [0.5, 0.6) is 0 Å². The Labute approximate surface area is 106 Å². The van der Waals surface area contributed by atoms with Crippen molar-refractivity contribution in [1.29, 1.82) is 0 Å². The van der Waals surface area contributed by atoms with Gasteiger partial charge in [-0.05, 0) is 31.0 Å². The molecular weight excluding hydrogens is 236 g/mol. The molecule has 1 aliphatic carbocycles. The predicted octanol–water partition coefficient (Wildman–Crippen LogP) is 2.90. The molecule has 0 radical (unpaired) electrons. The van der Waals surface area contributed by atoms with Crippen molar-refractivity contribution < 1.29 is 4.79 Å². The fraction of sp³-hybridized carbons (Fsp3) is 0.462. The number of hydrogen-bond donors (Lipinski definition) is 1. The minimum atomic E-state index is -0.180. The summed E-state index contributed by atoms with van der Waals surface area (Å²) in [5.41, 5.74) is 1.69. The van der Waals surface area contributed by atoms with E-state index in [2.05, 4.69) is 10.2 Å². The molecule has 17 heavy (non-hydrogen) atoms. The minimum Gasteiger partial charge on any atom is -0.372 e. The molecule has 1 amide bonds. The van der Waals surface area contributed by atoms with Crippen LogP contribution in [0.15, 0.2) is 18.2 Å². The first-order chi connectivity index (χ1) is 8.11. The number of carbonyl (C=O) groups is 1. The van der Waals surface area contributed by atoms with Gasteiger partial charge in [-0.2, -0.15) is 0 Å². The zero-order valence-corrected chi connectivity index (χ0v) is 10.5. The van der Waals surface area contributed by atoms with Crippen molar-refractivity contribution in [2.75, 3.05) is 23.8 Å². The molecule has 0 bridgehead atoms. The van der Waals surface area contributed by atoms with Gasteiger partial charge in [-0.25, -0.2) is 0 Å². The monoisotopic (exact) mass is 250 g/mol. The van der Waals surface area contributed by atoms with Gasteiger partial charge in [-0.15, -0.1) is 0 Å². The summed E-state index contributed by atoms with van der Waals surface area (Å²) < 4.78 is 0. The van der Waals surface area contributed by atoms with Gasteiger partial charge in [-0.3, -0.25) is 4.79 Å². The Morgan fingerprint density at radius 1 is 1.41 bits per heavy atom. The van der Waals surface area contributed by atoms with Crippen LogP contribution in [0.1, 0.15) is 19.3 Å². The van der Waals surface area contributed by atoms with Crippen LogP contribution in [-0.4, -0.2) is 19.5 Å². The number of fused-ring (bicyclic) bond motifs is 1. The maximum Gasteiger partial charge on any atom is 0.232 e. The third kappa shape index (κ3) is 1.61. The van der Waals surface area contributed by atoms with Gasteiger partial charge >= 0.3 is 0 Å². The molecule has 1 heterocycles. The molecule has 3 nitrogen and oxygen atoms in total. The Kier molecular flexibility index (Phi) is 2.33. The number of benzene rings is 1. The van der Waals surface area contributed by atoms with E-state index >= 15 is 0 Å². The van der Waals surface area contributed by atoms with E-state index < -0.39 is 0 Å². The lowest BCUT2D eigenvalue weighted by molar-refractivity contribution is -0.129. The van der Waals surface area contributed by atoms with E-state index in [0.29, 0.717) is 5.02 Å². The lowest BCUT2D eigenvalue weighted by Crippen LogP contribution is -2.47. The van der Waals surface area contributed by atoms with Crippen LogP contribution in [0.25, 0.3) is 0 Å². The van der Waals surface area contributed by atoms with Crippen LogP contribution >= 0.6 is 11.6 Å². The molecule has 90 valence electrons. The summed E-state index contributed by atoms with van der Waals surface area (Å²) in [6.07, 6.45) is 3.13. The highest BCUT2D eigenvalue weighted by molar-refractivity contribution is 6.31. The highest BCUT2D eigenvalue weighted by Crippen LogP contribution is 2.46. The molecule has 0 atom stereocenters. The van der Waals surface area contributed by atoms with Gasteiger partial charge in [0.1, 0.15) is 0 Å². The van der Waals surface area contributed by atoms with Crippen LogP contribution in [0.3, 0.4) is 0 Å². The first-order valence-corrected chi connectivity index (χ1v) is 6.31. The van der Waals surface area contributed by atoms with Crippen molar-refractivity contribution in [3.63, 3.8) is 0 Å². The van der Waals surface area contributed by atoms with Crippen LogP contribution in [0.2, 0.25) is 5.02 Å². The third-order valence-corrected chi connectivity index (χ3v) is 4.19. The molecule has 1 N–H and O–H groups in total. The Balaban J connectivity index is 2.03. The number of halogens is 1. The molecule has 0 unspecified atom stereocenters. The summed E-state index contributed by atoms with van der Waals surface area (Å²) in [7, 11) is 2.03. The fourth-order valence-electron chi connectivity index (χ4n) is 2.80. The average molecular weight is 251 g/mol. The number of carbonyl (C=O) groups excluding carboxylic acids is 1. The standard InChI is InChI=1S/C13H15ClN2O/c1-16-8-13(5-2-6-13)12(17)15-10-7-9(14)3-4-11(10)16/h3-4,7H,2,5-6,8H2,1H3,(H,15,17). The second kappa shape index (κ2) is 3.64. The zero-order chi connectivity index (χ0) is 12.0. The van der Waals surface area contributed by atoms with E-state index in [4.69, 9.17) is 11.6 Å². The van der Waals surface area contributed by atoms with E-state index in [1.54, 1.807) is 0 Å². The zero-order valence-electron chi connectivity index (χ0n) is 9.79. The van der Waals surface area contributed by atoms with Gasteiger partial charge in [0.05, 0.1) is 16.8 Å². The van der Waals surface area contributed by atoms with Gasteiger partial charge < -0.3 is 10.2 Å². The van der Waals surface area contributed by atoms with Gasteiger partial charge in [-0.1, -0.05) is 18.0 Å². The van der Waals surface area contributed by atoms with Gasteiger partial charge in [0.25, 0.3) is 0 Å². The molecular formula is C13H15ClN2O. The maximum absolute atomic E-state index is 12.3. The topological polar surface area (TPSA) is 32.3 Å². The first kappa shape index (κ1) is 10.9. The smallest absolute Gasteiger partial charge is 0.232 e. The molecule has 3 rings (SSSR count). The number of amides is 1. The summed E-state index contributed by atoms with van der Waals surface area (Å²) >= 11 is 5.97. The minimum absolute atomic E-state index is 0.150. The lowest BCUT2D eigenvalue weighted by atomic mass is 9.68. The Morgan fingerprint density at radius 3 is 2.82 bits per heavy atom. The lowest BCUT2D eigenvalue weighted by Gasteiger charge is -2.40. The number of hydrogen-bond acceptors (Lipinski definition) is 2. The molecule has 1 fully saturated rings. The summed E-state index contributed by atoms with van der Waals surface area (Å²) in [5, 5.41) is 3.68. The fourth-order valence-corrected chi connectivity index (χ4v) is 2.97. The summed E-state index contributed by atoms with van der Waals surface area (Å²) in [6.45, 7) is 0.799. The average Bonchev–Trinajstić information content (AvgIpc) is 2.32. The highest BCUT2D eigenvalue weighted by atomic mass is 35.5. The molecule has 1 aromatic carbocycles. The third-order valence-electron chi connectivity index (χ3n) is 3.95. The number of nitrogens with zero attached hydrogens (tertiary/aromatic N) is 1. The number of nitrogens with one attached hydrogen (secondary N) is 1. The van der Waals surface area contributed by atoms with E-state index in [0.717, 1.165) is 37.2 Å². The van der Waals surface area contributed by atoms with Gasteiger partial charge in [0.15, 0.2) is 0 Å². The quantitative estimate of drug-likeness (QED) is 0.768. The first-order valence-electron chi connectivity index (χ1n) is 5.93. The van der Waals surface area contributed by atoms with Gasteiger partial charge in [0.2, 0.25) is 5.91 Å². The molecule has 4 heteroatoms. The second-order valence-electron chi connectivity index (χ2n) is 5.11. The Morgan fingerprint density at radius 2 is 2.18 bits per heavy atom.